The molecule has 0 saturated carbocycles. The number of allylic oxidation sites excluding steroid dienone is 1. The number of carbonyl (C=O) groups excluding carboxylic acids is 1. The van der Waals surface area contributed by atoms with Gasteiger partial charge in [0.25, 0.3) is 5.91 Å². The van der Waals surface area contributed by atoms with Gasteiger partial charge in [-0.05, 0) is 61.4 Å². The van der Waals surface area contributed by atoms with Gasteiger partial charge in [-0.3, -0.25) is 4.79 Å². The number of carbonyl (C=O) groups is 1. The second kappa shape index (κ2) is 9.69. The molecule has 0 aliphatic carbocycles. The van der Waals surface area contributed by atoms with Crippen LogP contribution in [-0.4, -0.2) is 22.8 Å². The fraction of sp³-hybridized carbons (Fsp3) is 0.174. The molecule has 1 heterocycles. The van der Waals surface area contributed by atoms with E-state index < -0.39 is 5.91 Å². The zero-order chi connectivity index (χ0) is 22.5. The molecule has 0 aliphatic rings. The van der Waals surface area contributed by atoms with Crippen molar-refractivity contribution < 1.29 is 14.3 Å². The number of hydrogen-bond donors (Lipinski definition) is 0. The summed E-state index contributed by atoms with van der Waals surface area (Å²) < 4.78 is 12.5. The molecule has 1 aromatic heterocycles. The number of nitriles is 1. The van der Waals surface area contributed by atoms with Gasteiger partial charge in [-0.25, -0.2) is 4.68 Å². The first-order chi connectivity index (χ1) is 14.8. The van der Waals surface area contributed by atoms with Crippen LogP contribution in [0.15, 0.2) is 48.0 Å². The van der Waals surface area contributed by atoms with Crippen LogP contribution in [0.25, 0.3) is 6.08 Å². The Kier molecular flexibility index (Phi) is 7.01. The first-order valence-corrected chi connectivity index (χ1v) is 10.0. The van der Waals surface area contributed by atoms with Crippen molar-refractivity contribution in [2.45, 2.75) is 20.5 Å². The summed E-state index contributed by atoms with van der Waals surface area (Å²) in [6.07, 6.45) is 1.44. The molecule has 0 amide bonds. The van der Waals surface area contributed by atoms with Crippen LogP contribution in [0.2, 0.25) is 10.0 Å². The Morgan fingerprint density at radius 3 is 2.48 bits per heavy atom. The molecule has 0 bridgehead atoms. The lowest BCUT2D eigenvalue weighted by Gasteiger charge is -2.13. The molecule has 0 fully saturated rings. The van der Waals surface area contributed by atoms with E-state index in [0.29, 0.717) is 33.5 Å². The van der Waals surface area contributed by atoms with Gasteiger partial charge in [0.05, 0.1) is 17.8 Å². The highest BCUT2D eigenvalue weighted by Crippen LogP contribution is 2.37. The molecule has 0 aliphatic heterocycles. The molecule has 0 N–H and O–H groups in total. The fourth-order valence-electron chi connectivity index (χ4n) is 2.96. The van der Waals surface area contributed by atoms with E-state index in [1.807, 2.05) is 18.2 Å². The molecular formula is C23H19Cl2N3O3. The maximum Gasteiger partial charge on any atom is 0.289 e. The number of hydrogen-bond acceptors (Lipinski definition) is 5. The van der Waals surface area contributed by atoms with Gasteiger partial charge in [-0.15, -0.1) is 0 Å². The van der Waals surface area contributed by atoms with Crippen molar-refractivity contribution in [2.75, 3.05) is 7.11 Å². The Bertz CT molecular complexity index is 1190. The van der Waals surface area contributed by atoms with E-state index in [-0.39, 0.29) is 17.2 Å². The second-order valence-corrected chi connectivity index (χ2v) is 7.61. The van der Waals surface area contributed by atoms with E-state index in [4.69, 9.17) is 32.7 Å². The molecule has 158 valence electrons. The maximum absolute atomic E-state index is 12.7. The Morgan fingerprint density at radius 2 is 1.90 bits per heavy atom. The van der Waals surface area contributed by atoms with Gasteiger partial charge >= 0.3 is 0 Å². The van der Waals surface area contributed by atoms with Gasteiger partial charge in [-0.2, -0.15) is 10.4 Å². The predicted molar refractivity (Wildman–Crippen MR) is 120 cm³/mol. The summed E-state index contributed by atoms with van der Waals surface area (Å²) in [4.78, 5) is 12.7. The molecule has 8 heteroatoms. The van der Waals surface area contributed by atoms with Crippen LogP contribution < -0.4 is 9.47 Å². The topological polar surface area (TPSA) is 77.1 Å². The summed E-state index contributed by atoms with van der Waals surface area (Å²) in [5, 5.41) is 14.6. The third-order valence-electron chi connectivity index (χ3n) is 4.41. The zero-order valence-electron chi connectivity index (χ0n) is 17.1. The van der Waals surface area contributed by atoms with Crippen molar-refractivity contribution in [3.63, 3.8) is 0 Å². The van der Waals surface area contributed by atoms with Crippen LogP contribution in [0.3, 0.4) is 0 Å². The van der Waals surface area contributed by atoms with Crippen molar-refractivity contribution >= 4 is 35.2 Å². The molecule has 0 unspecified atom stereocenters. The molecule has 0 spiro atoms. The highest BCUT2D eigenvalue weighted by atomic mass is 35.5. The van der Waals surface area contributed by atoms with Crippen molar-refractivity contribution in [3.8, 4) is 17.6 Å². The minimum absolute atomic E-state index is 0.0841. The molecule has 3 rings (SSSR count). The third kappa shape index (κ3) is 5.26. The van der Waals surface area contributed by atoms with Crippen molar-refractivity contribution in [3.05, 3.63) is 80.6 Å². The predicted octanol–water partition coefficient (Wildman–Crippen LogP) is 5.64. The van der Waals surface area contributed by atoms with Crippen LogP contribution >= 0.6 is 23.2 Å². The van der Waals surface area contributed by atoms with Crippen molar-refractivity contribution in [1.29, 1.82) is 5.26 Å². The average Bonchev–Trinajstić information content (AvgIpc) is 3.09. The number of rotatable bonds is 6. The highest BCUT2D eigenvalue weighted by molar-refractivity contribution is 6.32. The first kappa shape index (κ1) is 22.4. The van der Waals surface area contributed by atoms with E-state index in [0.717, 1.165) is 5.56 Å². The lowest BCUT2D eigenvalue weighted by molar-refractivity contribution is 0.0943. The maximum atomic E-state index is 12.7. The van der Waals surface area contributed by atoms with Crippen LogP contribution in [0, 0.1) is 25.2 Å². The van der Waals surface area contributed by atoms with Crippen LogP contribution in [-0.2, 0) is 6.61 Å². The number of nitrogens with zero attached hydrogens (tertiary/aromatic N) is 3. The monoisotopic (exact) mass is 455 g/mol. The Hall–Kier alpha value is -3.27. The highest BCUT2D eigenvalue weighted by Gasteiger charge is 2.17. The summed E-state index contributed by atoms with van der Waals surface area (Å²) in [5.74, 6) is 0.217. The quantitative estimate of drug-likeness (QED) is 0.354. The minimum Gasteiger partial charge on any atom is -0.493 e. The summed E-state index contributed by atoms with van der Waals surface area (Å²) in [6.45, 7) is 3.79. The van der Waals surface area contributed by atoms with Crippen LogP contribution in [0.5, 0.6) is 11.5 Å². The SMILES string of the molecule is COc1cc(/C=C(\C#N)C(=O)n2nc(C)cc2C)cc(Cl)c1OCc1ccc(Cl)cc1. The first-order valence-electron chi connectivity index (χ1n) is 9.27. The minimum atomic E-state index is -0.522. The molecule has 0 atom stereocenters. The van der Waals surface area contributed by atoms with Crippen LogP contribution in [0.1, 0.15) is 27.3 Å². The van der Waals surface area contributed by atoms with Crippen molar-refractivity contribution in [2.24, 2.45) is 0 Å². The molecule has 31 heavy (non-hydrogen) atoms. The zero-order valence-corrected chi connectivity index (χ0v) is 18.7. The summed E-state index contributed by atoms with van der Waals surface area (Å²) >= 11 is 12.3. The van der Waals surface area contributed by atoms with Gasteiger partial charge < -0.3 is 9.47 Å². The Morgan fingerprint density at radius 1 is 1.19 bits per heavy atom. The van der Waals surface area contributed by atoms with Gasteiger partial charge in [0.2, 0.25) is 0 Å². The van der Waals surface area contributed by atoms with Gasteiger partial charge in [0.1, 0.15) is 18.2 Å². The average molecular weight is 456 g/mol. The fourth-order valence-corrected chi connectivity index (χ4v) is 3.36. The van der Waals surface area contributed by atoms with E-state index >= 15 is 0 Å². The number of halogens is 2. The number of ether oxygens (including phenoxy) is 2. The number of benzene rings is 2. The lowest BCUT2D eigenvalue weighted by Crippen LogP contribution is -2.15. The summed E-state index contributed by atoms with van der Waals surface area (Å²) in [5.41, 5.74) is 2.68. The number of aromatic nitrogens is 2. The molecule has 6 nitrogen and oxygen atoms in total. The standard InChI is InChI=1S/C23H19Cl2N3O3/c1-14-8-15(2)28(27-14)23(29)18(12-26)9-17-10-20(25)22(21(11-17)30-3)31-13-16-4-6-19(24)7-5-16/h4-11H,13H2,1-3H3/b18-9+. The van der Waals surface area contributed by atoms with E-state index in [1.54, 1.807) is 44.2 Å². The normalized spacial score (nSPS) is 11.2. The number of aryl methyl sites for hydroxylation is 2. The lowest BCUT2D eigenvalue weighted by atomic mass is 10.1. The van der Waals surface area contributed by atoms with Gasteiger partial charge in [0, 0.05) is 10.7 Å². The molecule has 2 aromatic carbocycles. The van der Waals surface area contributed by atoms with Gasteiger partial charge in [-0.1, -0.05) is 35.3 Å². The molecular weight excluding hydrogens is 437 g/mol. The third-order valence-corrected chi connectivity index (χ3v) is 4.94. The molecule has 0 radical (unpaired) electrons. The summed E-state index contributed by atoms with van der Waals surface area (Å²) in [7, 11) is 1.49. The van der Waals surface area contributed by atoms with Crippen LogP contribution in [0.4, 0.5) is 0 Å². The molecule has 0 saturated heterocycles. The van der Waals surface area contributed by atoms with Gasteiger partial charge in [0.15, 0.2) is 11.5 Å². The second-order valence-electron chi connectivity index (χ2n) is 6.76. The molecule has 3 aromatic rings. The van der Waals surface area contributed by atoms with E-state index in [1.165, 1.54) is 17.9 Å². The number of methoxy groups -OCH3 is 1. The Balaban J connectivity index is 1.88. The van der Waals surface area contributed by atoms with E-state index in [2.05, 4.69) is 5.10 Å². The van der Waals surface area contributed by atoms with Crippen molar-refractivity contribution in [1.82, 2.24) is 9.78 Å². The smallest absolute Gasteiger partial charge is 0.289 e. The Labute approximate surface area is 190 Å². The largest absolute Gasteiger partial charge is 0.493 e. The van der Waals surface area contributed by atoms with E-state index in [9.17, 15) is 10.1 Å². The summed E-state index contributed by atoms with van der Waals surface area (Å²) in [6, 6.07) is 14.2.